The second-order valence-electron chi connectivity index (χ2n) is 8.57. The van der Waals surface area contributed by atoms with Gasteiger partial charge in [-0.15, -0.1) is 0 Å². The van der Waals surface area contributed by atoms with E-state index in [1.54, 1.807) is 0 Å². The van der Waals surface area contributed by atoms with E-state index in [4.69, 9.17) is 27.9 Å². The van der Waals surface area contributed by atoms with Gasteiger partial charge in [0.2, 0.25) is 5.91 Å². The lowest BCUT2D eigenvalue weighted by atomic mass is 9.49. The average Bonchev–Trinajstić information content (AvgIpc) is 2.57. The highest BCUT2D eigenvalue weighted by Crippen LogP contribution is 2.61. The van der Waals surface area contributed by atoms with E-state index in [-0.39, 0.29) is 26.9 Å². The Hall–Kier alpha value is -1.46. The van der Waals surface area contributed by atoms with Gasteiger partial charge in [0.1, 0.15) is 0 Å². The van der Waals surface area contributed by atoms with E-state index >= 15 is 0 Å². The molecular formula is C20H24Cl2N2O3. The van der Waals surface area contributed by atoms with Crippen molar-refractivity contribution in [1.82, 2.24) is 10.9 Å². The number of amides is 2. The predicted molar refractivity (Wildman–Crippen MR) is 104 cm³/mol. The molecule has 27 heavy (non-hydrogen) atoms. The predicted octanol–water partition coefficient (Wildman–Crippen LogP) is 4.37. The highest BCUT2D eigenvalue weighted by atomic mass is 35.5. The Morgan fingerprint density at radius 1 is 1.04 bits per heavy atom. The summed E-state index contributed by atoms with van der Waals surface area (Å²) in [7, 11) is 1.46. The van der Waals surface area contributed by atoms with E-state index in [1.165, 1.54) is 38.5 Å². The molecule has 146 valence electrons. The van der Waals surface area contributed by atoms with Crippen LogP contribution in [0, 0.1) is 23.2 Å². The van der Waals surface area contributed by atoms with Crippen molar-refractivity contribution in [2.45, 2.75) is 44.9 Å². The third-order valence-electron chi connectivity index (χ3n) is 6.48. The molecule has 4 aliphatic rings. The van der Waals surface area contributed by atoms with Gasteiger partial charge in [-0.1, -0.05) is 23.2 Å². The zero-order valence-electron chi connectivity index (χ0n) is 15.3. The van der Waals surface area contributed by atoms with E-state index in [9.17, 15) is 9.59 Å². The first-order valence-electron chi connectivity index (χ1n) is 9.50. The Balaban J connectivity index is 1.35. The maximum Gasteiger partial charge on any atom is 0.269 e. The Bertz CT molecular complexity index is 722. The molecule has 2 amide bonds. The Labute approximate surface area is 169 Å². The first-order chi connectivity index (χ1) is 12.9. The van der Waals surface area contributed by atoms with Gasteiger partial charge in [-0.2, -0.15) is 0 Å². The molecule has 1 aromatic rings. The van der Waals surface area contributed by atoms with Gasteiger partial charge in [0.15, 0.2) is 5.75 Å². The number of nitrogens with one attached hydrogen (secondary N) is 2. The van der Waals surface area contributed by atoms with Crippen LogP contribution in [0.4, 0.5) is 0 Å². The van der Waals surface area contributed by atoms with Gasteiger partial charge in [0, 0.05) is 12.0 Å². The van der Waals surface area contributed by atoms with E-state index in [1.807, 2.05) is 0 Å². The fraction of sp³-hybridized carbons (Fsp3) is 0.600. The largest absolute Gasteiger partial charge is 0.494 e. The van der Waals surface area contributed by atoms with Crippen LogP contribution in [0.1, 0.15) is 55.3 Å². The summed E-state index contributed by atoms with van der Waals surface area (Å²) >= 11 is 12.1. The maximum atomic E-state index is 12.5. The number of hydrazine groups is 1. The molecule has 4 bridgehead atoms. The summed E-state index contributed by atoms with van der Waals surface area (Å²) < 4.78 is 5.08. The molecule has 0 unspecified atom stereocenters. The molecule has 0 radical (unpaired) electrons. The van der Waals surface area contributed by atoms with Crippen LogP contribution in [0.3, 0.4) is 0 Å². The first kappa shape index (κ1) is 18.9. The lowest BCUT2D eigenvalue weighted by Crippen LogP contribution is -2.50. The van der Waals surface area contributed by atoms with Crippen LogP contribution in [0.5, 0.6) is 5.75 Å². The van der Waals surface area contributed by atoms with Gasteiger partial charge in [0.25, 0.3) is 5.91 Å². The van der Waals surface area contributed by atoms with Crippen LogP contribution in [0.25, 0.3) is 0 Å². The number of hydrogen-bond acceptors (Lipinski definition) is 3. The fourth-order valence-electron chi connectivity index (χ4n) is 5.98. The average molecular weight is 411 g/mol. The highest BCUT2D eigenvalue weighted by Gasteiger charge is 2.51. The summed E-state index contributed by atoms with van der Waals surface area (Å²) in [5.74, 6) is 2.11. The van der Waals surface area contributed by atoms with Crippen LogP contribution >= 0.6 is 23.2 Å². The van der Waals surface area contributed by atoms with Crippen molar-refractivity contribution < 1.29 is 14.3 Å². The molecule has 7 heteroatoms. The monoisotopic (exact) mass is 410 g/mol. The molecule has 4 saturated carbocycles. The van der Waals surface area contributed by atoms with Crippen molar-refractivity contribution in [2.75, 3.05) is 7.11 Å². The smallest absolute Gasteiger partial charge is 0.269 e. The molecule has 1 aromatic carbocycles. The molecule has 4 fully saturated rings. The molecule has 5 rings (SSSR count). The Morgan fingerprint density at radius 3 is 2.04 bits per heavy atom. The molecule has 0 saturated heterocycles. The number of halogens is 2. The standard InChI is InChI=1S/C20H24Cl2N2O3/c1-27-18-15(21)5-14(6-16(18)22)19(26)24-23-17(25)10-20-7-11-2-12(8-20)4-13(3-11)9-20/h5-6,11-13H,2-4,7-10H2,1H3,(H,23,25)(H,24,26). The van der Waals surface area contributed by atoms with Crippen molar-refractivity contribution in [1.29, 1.82) is 0 Å². The van der Waals surface area contributed by atoms with Crippen LogP contribution in [0.2, 0.25) is 10.0 Å². The van der Waals surface area contributed by atoms with Gasteiger partial charge in [0.05, 0.1) is 17.2 Å². The van der Waals surface area contributed by atoms with Crippen molar-refractivity contribution in [2.24, 2.45) is 23.2 Å². The highest BCUT2D eigenvalue weighted by molar-refractivity contribution is 6.37. The molecule has 4 aliphatic carbocycles. The molecule has 0 spiro atoms. The van der Waals surface area contributed by atoms with Crippen molar-refractivity contribution in [3.8, 4) is 5.75 Å². The third-order valence-corrected chi connectivity index (χ3v) is 7.04. The summed E-state index contributed by atoms with van der Waals surface area (Å²) in [5, 5.41) is 0.491. The molecular weight excluding hydrogens is 387 g/mol. The van der Waals surface area contributed by atoms with Gasteiger partial charge in [-0.3, -0.25) is 20.4 Å². The number of carbonyl (C=O) groups is 2. The minimum absolute atomic E-state index is 0.129. The van der Waals surface area contributed by atoms with Crippen LogP contribution < -0.4 is 15.6 Å². The molecule has 0 aliphatic heterocycles. The van der Waals surface area contributed by atoms with E-state index < -0.39 is 5.91 Å². The van der Waals surface area contributed by atoms with Crippen molar-refractivity contribution in [3.63, 3.8) is 0 Å². The summed E-state index contributed by atoms with van der Waals surface area (Å²) in [6.07, 6.45) is 7.99. The SMILES string of the molecule is COc1c(Cl)cc(C(=O)NNC(=O)CC23CC4CC(CC(C4)C2)C3)cc1Cl. The van der Waals surface area contributed by atoms with Gasteiger partial charge in [-0.25, -0.2) is 0 Å². The number of ether oxygens (including phenoxy) is 1. The normalized spacial score (nSPS) is 30.9. The number of methoxy groups -OCH3 is 1. The zero-order chi connectivity index (χ0) is 19.2. The number of carbonyl (C=O) groups excluding carboxylic acids is 2. The van der Waals surface area contributed by atoms with Crippen LogP contribution in [-0.4, -0.2) is 18.9 Å². The lowest BCUT2D eigenvalue weighted by molar-refractivity contribution is -0.130. The van der Waals surface area contributed by atoms with Crippen molar-refractivity contribution in [3.05, 3.63) is 27.7 Å². The summed E-state index contributed by atoms with van der Waals surface area (Å²) in [6, 6.07) is 2.93. The summed E-state index contributed by atoms with van der Waals surface area (Å²) in [6.45, 7) is 0. The van der Waals surface area contributed by atoms with Crippen molar-refractivity contribution >= 4 is 35.0 Å². The Morgan fingerprint density at radius 2 is 1.56 bits per heavy atom. The summed E-state index contributed by atoms with van der Waals surface area (Å²) in [4.78, 5) is 24.8. The van der Waals surface area contributed by atoms with E-state index in [0.717, 1.165) is 37.0 Å². The van der Waals surface area contributed by atoms with Crippen LogP contribution in [-0.2, 0) is 4.79 Å². The fourth-order valence-corrected chi connectivity index (χ4v) is 6.62. The first-order valence-corrected chi connectivity index (χ1v) is 10.3. The van der Waals surface area contributed by atoms with E-state index in [0.29, 0.717) is 12.2 Å². The van der Waals surface area contributed by atoms with Gasteiger partial charge in [-0.05, 0) is 73.8 Å². The summed E-state index contributed by atoms with van der Waals surface area (Å²) in [5.41, 5.74) is 5.44. The second kappa shape index (κ2) is 7.17. The van der Waals surface area contributed by atoms with Gasteiger partial charge < -0.3 is 4.74 Å². The molecule has 5 nitrogen and oxygen atoms in total. The lowest BCUT2D eigenvalue weighted by Gasteiger charge is -2.56. The minimum atomic E-state index is -0.458. The topological polar surface area (TPSA) is 67.4 Å². The molecule has 2 N–H and O–H groups in total. The molecule has 0 heterocycles. The van der Waals surface area contributed by atoms with E-state index in [2.05, 4.69) is 10.9 Å². The zero-order valence-corrected chi connectivity index (χ0v) is 16.8. The number of hydrogen-bond donors (Lipinski definition) is 2. The minimum Gasteiger partial charge on any atom is -0.494 e. The number of rotatable bonds is 4. The quantitative estimate of drug-likeness (QED) is 0.724. The Kier molecular flexibility index (Phi) is 5.02. The second-order valence-corrected chi connectivity index (χ2v) is 9.38. The maximum absolute atomic E-state index is 12.5. The third kappa shape index (κ3) is 3.77. The van der Waals surface area contributed by atoms with Crippen LogP contribution in [0.15, 0.2) is 12.1 Å². The van der Waals surface area contributed by atoms with Gasteiger partial charge >= 0.3 is 0 Å². The number of benzene rings is 1. The molecule has 0 atom stereocenters. The molecule has 0 aromatic heterocycles.